The molecule has 3 aliphatic rings. The van der Waals surface area contributed by atoms with Crippen molar-refractivity contribution >= 4 is 5.78 Å². The van der Waals surface area contributed by atoms with E-state index < -0.39 is 0 Å². The van der Waals surface area contributed by atoms with Gasteiger partial charge in [0.25, 0.3) is 0 Å². The van der Waals surface area contributed by atoms with Crippen LogP contribution in [0.15, 0.2) is 36.5 Å². The molecule has 0 aromatic rings. The van der Waals surface area contributed by atoms with Crippen LogP contribution >= 0.6 is 0 Å². The highest BCUT2D eigenvalue weighted by Crippen LogP contribution is 2.49. The van der Waals surface area contributed by atoms with Crippen LogP contribution in [0.3, 0.4) is 0 Å². The average molecular weight is 246 g/mol. The van der Waals surface area contributed by atoms with Crippen LogP contribution in [0, 0.1) is 11.3 Å². The monoisotopic (exact) mass is 246 g/mol. The lowest BCUT2D eigenvalue weighted by Crippen LogP contribution is -2.17. The summed E-state index contributed by atoms with van der Waals surface area (Å²) in [5, 5.41) is 0. The van der Waals surface area contributed by atoms with Crippen molar-refractivity contribution in [1.29, 1.82) is 0 Å². The minimum absolute atomic E-state index is 0.00820. The molecule has 0 bridgehead atoms. The molecule has 1 aliphatic heterocycles. The number of allylic oxidation sites excluding steroid dienone is 5. The second-order valence-corrected chi connectivity index (χ2v) is 5.45. The third-order valence-electron chi connectivity index (χ3n) is 4.09. The fraction of sp³-hybridized carbons (Fsp3) is 0.533. The smallest absolute Gasteiger partial charge is 0.178 e. The van der Waals surface area contributed by atoms with Crippen molar-refractivity contribution in [2.24, 2.45) is 11.3 Å². The van der Waals surface area contributed by atoms with E-state index in [-0.39, 0.29) is 17.5 Å². The number of carbonyl (C=O) groups excluding carboxylic acids is 1. The Morgan fingerprint density at radius 2 is 1.94 bits per heavy atom. The Morgan fingerprint density at radius 3 is 2.61 bits per heavy atom. The number of ketones is 1. The lowest BCUT2D eigenvalue weighted by atomic mass is 9.81. The molecule has 0 amide bonds. The molecule has 18 heavy (non-hydrogen) atoms. The van der Waals surface area contributed by atoms with E-state index in [0.29, 0.717) is 19.1 Å². The van der Waals surface area contributed by atoms with Gasteiger partial charge < -0.3 is 9.47 Å². The van der Waals surface area contributed by atoms with Crippen LogP contribution in [-0.4, -0.2) is 25.3 Å². The van der Waals surface area contributed by atoms with Gasteiger partial charge in [-0.2, -0.15) is 0 Å². The Morgan fingerprint density at radius 1 is 1.28 bits per heavy atom. The van der Waals surface area contributed by atoms with Crippen molar-refractivity contribution in [2.45, 2.75) is 25.6 Å². The molecule has 1 spiro atoms. The van der Waals surface area contributed by atoms with E-state index in [1.54, 1.807) is 12.2 Å². The maximum absolute atomic E-state index is 11.2. The van der Waals surface area contributed by atoms with Gasteiger partial charge in [-0.25, -0.2) is 0 Å². The highest BCUT2D eigenvalue weighted by molar-refractivity contribution is 6.00. The summed E-state index contributed by atoms with van der Waals surface area (Å²) in [5.74, 6) is 0.507. The molecule has 3 nitrogen and oxygen atoms in total. The topological polar surface area (TPSA) is 35.5 Å². The number of hydrogen-bond acceptors (Lipinski definition) is 3. The zero-order chi connectivity index (χ0) is 12.6. The first-order valence-electron chi connectivity index (χ1n) is 6.50. The van der Waals surface area contributed by atoms with E-state index >= 15 is 0 Å². The third kappa shape index (κ3) is 2.20. The van der Waals surface area contributed by atoms with Crippen LogP contribution < -0.4 is 0 Å². The lowest BCUT2D eigenvalue weighted by molar-refractivity contribution is -0.110. The van der Waals surface area contributed by atoms with Gasteiger partial charge in [-0.05, 0) is 30.9 Å². The van der Waals surface area contributed by atoms with Gasteiger partial charge in [-0.3, -0.25) is 4.79 Å². The van der Waals surface area contributed by atoms with Crippen molar-refractivity contribution in [3.63, 3.8) is 0 Å². The van der Waals surface area contributed by atoms with Crippen LogP contribution in [0.1, 0.15) is 19.3 Å². The first-order chi connectivity index (χ1) is 8.67. The Labute approximate surface area is 107 Å². The minimum atomic E-state index is -0.0694. The van der Waals surface area contributed by atoms with Gasteiger partial charge in [0.05, 0.1) is 13.2 Å². The molecular weight excluding hydrogens is 228 g/mol. The molecular formula is C15H18O3. The van der Waals surface area contributed by atoms with Gasteiger partial charge in [0, 0.05) is 11.8 Å². The van der Waals surface area contributed by atoms with Gasteiger partial charge in [0.1, 0.15) is 0 Å². The van der Waals surface area contributed by atoms with E-state index in [2.05, 4.69) is 6.58 Å². The molecule has 3 rings (SSSR count). The SMILES string of the molecule is C=C1CC2(C=CC(=O)C=C2)C[C@H]1CC1OCCO1. The number of rotatable bonds is 2. The summed E-state index contributed by atoms with van der Waals surface area (Å²) in [7, 11) is 0. The standard InChI is InChI=1S/C15H18O3/c1-11-9-15(4-2-13(16)3-5-15)10-12(11)8-14-17-6-7-18-14/h2-5,12,14H,1,6-10H2/t12-/m1/s1. The van der Waals surface area contributed by atoms with E-state index in [9.17, 15) is 4.79 Å². The molecule has 1 heterocycles. The van der Waals surface area contributed by atoms with Gasteiger partial charge in [0.2, 0.25) is 0 Å². The summed E-state index contributed by atoms with van der Waals surface area (Å²) in [6.45, 7) is 5.58. The van der Waals surface area contributed by atoms with Crippen LogP contribution in [0.2, 0.25) is 0 Å². The molecule has 0 aromatic carbocycles. The Kier molecular flexibility index (Phi) is 2.96. The quantitative estimate of drug-likeness (QED) is 0.702. The number of ether oxygens (including phenoxy) is 2. The van der Waals surface area contributed by atoms with E-state index in [0.717, 1.165) is 19.3 Å². The fourth-order valence-electron chi connectivity index (χ4n) is 3.13. The summed E-state index contributed by atoms with van der Waals surface area (Å²) in [6.07, 6.45) is 10.2. The zero-order valence-corrected chi connectivity index (χ0v) is 10.4. The summed E-state index contributed by atoms with van der Waals surface area (Å²) >= 11 is 0. The maximum atomic E-state index is 11.2. The second kappa shape index (κ2) is 4.48. The molecule has 0 radical (unpaired) electrons. The van der Waals surface area contributed by atoms with E-state index in [1.807, 2.05) is 12.2 Å². The number of hydrogen-bond donors (Lipinski definition) is 0. The van der Waals surface area contributed by atoms with Crippen LogP contribution in [0.5, 0.6) is 0 Å². The van der Waals surface area contributed by atoms with Gasteiger partial charge in [-0.15, -0.1) is 0 Å². The van der Waals surface area contributed by atoms with Crippen LogP contribution in [-0.2, 0) is 14.3 Å². The Balaban J connectivity index is 1.68. The van der Waals surface area contributed by atoms with Crippen molar-refractivity contribution in [3.05, 3.63) is 36.5 Å². The normalized spacial score (nSPS) is 30.8. The molecule has 96 valence electrons. The van der Waals surface area contributed by atoms with Crippen molar-refractivity contribution < 1.29 is 14.3 Å². The zero-order valence-electron chi connectivity index (χ0n) is 10.4. The van der Waals surface area contributed by atoms with Gasteiger partial charge >= 0.3 is 0 Å². The summed E-state index contributed by atoms with van der Waals surface area (Å²) < 4.78 is 11.0. The molecule has 2 aliphatic carbocycles. The van der Waals surface area contributed by atoms with Gasteiger partial charge in [0.15, 0.2) is 12.1 Å². The molecule has 0 aromatic heterocycles. The molecule has 1 atom stereocenters. The first-order valence-corrected chi connectivity index (χ1v) is 6.50. The molecule has 3 heteroatoms. The average Bonchev–Trinajstić information content (AvgIpc) is 2.94. The van der Waals surface area contributed by atoms with E-state index in [4.69, 9.17) is 9.47 Å². The van der Waals surface area contributed by atoms with E-state index in [1.165, 1.54) is 5.57 Å². The first kappa shape index (κ1) is 11.9. The summed E-state index contributed by atoms with van der Waals surface area (Å²) in [5.41, 5.74) is 1.26. The minimum Gasteiger partial charge on any atom is -0.350 e. The van der Waals surface area contributed by atoms with Crippen molar-refractivity contribution in [1.82, 2.24) is 0 Å². The Hall–Kier alpha value is -1.19. The molecule has 1 saturated heterocycles. The molecule has 1 saturated carbocycles. The van der Waals surface area contributed by atoms with Crippen LogP contribution in [0.4, 0.5) is 0 Å². The predicted molar refractivity (Wildman–Crippen MR) is 67.9 cm³/mol. The Bertz CT molecular complexity index is 411. The van der Waals surface area contributed by atoms with Crippen molar-refractivity contribution in [3.8, 4) is 0 Å². The van der Waals surface area contributed by atoms with Gasteiger partial charge in [-0.1, -0.05) is 24.3 Å². The predicted octanol–water partition coefficient (Wildman–Crippen LogP) is 2.40. The van der Waals surface area contributed by atoms with Crippen molar-refractivity contribution in [2.75, 3.05) is 13.2 Å². The fourth-order valence-corrected chi connectivity index (χ4v) is 3.13. The lowest BCUT2D eigenvalue weighted by Gasteiger charge is -2.23. The third-order valence-corrected chi connectivity index (χ3v) is 4.09. The number of carbonyl (C=O) groups is 1. The highest BCUT2D eigenvalue weighted by Gasteiger charge is 2.40. The summed E-state index contributed by atoms with van der Waals surface area (Å²) in [6, 6.07) is 0. The molecule has 0 N–H and O–H groups in total. The highest BCUT2D eigenvalue weighted by atomic mass is 16.7. The summed E-state index contributed by atoms with van der Waals surface area (Å²) in [4.78, 5) is 11.2. The molecule has 2 fully saturated rings. The molecule has 0 unspecified atom stereocenters. The van der Waals surface area contributed by atoms with Crippen LogP contribution in [0.25, 0.3) is 0 Å². The largest absolute Gasteiger partial charge is 0.350 e. The second-order valence-electron chi connectivity index (χ2n) is 5.45. The maximum Gasteiger partial charge on any atom is 0.178 e.